The Bertz CT molecular complexity index is 926. The van der Waals surface area contributed by atoms with E-state index in [1.807, 2.05) is 18.2 Å². The van der Waals surface area contributed by atoms with Crippen LogP contribution >= 0.6 is 23.8 Å². The lowest BCUT2D eigenvalue weighted by atomic mass is 10.2. The summed E-state index contributed by atoms with van der Waals surface area (Å²) in [6, 6.07) is 10.6. The van der Waals surface area contributed by atoms with Crippen LogP contribution in [0, 0.1) is 0 Å². The van der Waals surface area contributed by atoms with Crippen LogP contribution in [0.3, 0.4) is 0 Å². The molecule has 0 aromatic heterocycles. The number of benzene rings is 2. The molecule has 2 aromatic carbocycles. The van der Waals surface area contributed by atoms with Crippen molar-refractivity contribution in [2.75, 3.05) is 57.2 Å². The molecule has 1 heterocycles. The smallest absolute Gasteiger partial charge is 0.257 e. The highest BCUT2D eigenvalue weighted by atomic mass is 35.5. The number of carbonyl (C=O) groups is 1. The van der Waals surface area contributed by atoms with Gasteiger partial charge in [0.1, 0.15) is 11.5 Å². The molecule has 2 N–H and O–H groups in total. The van der Waals surface area contributed by atoms with E-state index in [0.717, 1.165) is 44.1 Å². The summed E-state index contributed by atoms with van der Waals surface area (Å²) in [6.45, 7) is 6.88. The summed E-state index contributed by atoms with van der Waals surface area (Å²) in [6.07, 6.45) is 0. The van der Waals surface area contributed by atoms with Gasteiger partial charge in [0.05, 0.1) is 30.6 Å². The van der Waals surface area contributed by atoms with Crippen LogP contribution in [0.15, 0.2) is 36.4 Å². The Labute approximate surface area is 193 Å². The van der Waals surface area contributed by atoms with Gasteiger partial charge in [0.25, 0.3) is 5.91 Å². The molecule has 1 fully saturated rings. The molecule has 1 aliphatic rings. The van der Waals surface area contributed by atoms with Crippen LogP contribution in [0.2, 0.25) is 5.02 Å². The fraction of sp³-hybridized carbons (Fsp3) is 0.364. The van der Waals surface area contributed by atoms with Crippen LogP contribution in [-0.4, -0.2) is 62.9 Å². The van der Waals surface area contributed by atoms with Gasteiger partial charge in [0, 0.05) is 37.8 Å². The maximum absolute atomic E-state index is 12.7. The van der Waals surface area contributed by atoms with E-state index in [4.69, 9.17) is 33.3 Å². The van der Waals surface area contributed by atoms with Crippen molar-refractivity contribution in [3.63, 3.8) is 0 Å². The van der Waals surface area contributed by atoms with Gasteiger partial charge in [-0.25, -0.2) is 0 Å². The second-order valence-corrected chi connectivity index (χ2v) is 7.88. The van der Waals surface area contributed by atoms with Crippen molar-refractivity contribution < 1.29 is 14.3 Å². The Kier molecular flexibility index (Phi) is 7.95. The summed E-state index contributed by atoms with van der Waals surface area (Å²) in [5.74, 6) is 0.674. The van der Waals surface area contributed by atoms with Crippen LogP contribution in [0.5, 0.6) is 11.5 Å². The van der Waals surface area contributed by atoms with E-state index in [9.17, 15) is 4.79 Å². The zero-order chi connectivity index (χ0) is 22.4. The van der Waals surface area contributed by atoms with Crippen LogP contribution < -0.4 is 25.0 Å². The molecule has 166 valence electrons. The zero-order valence-electron chi connectivity index (χ0n) is 17.9. The van der Waals surface area contributed by atoms with E-state index in [2.05, 4.69) is 27.4 Å². The van der Waals surface area contributed by atoms with E-state index in [-0.39, 0.29) is 11.0 Å². The number of halogens is 1. The Hall–Kier alpha value is -2.55. The van der Waals surface area contributed by atoms with Gasteiger partial charge in [-0.2, -0.15) is 0 Å². The third kappa shape index (κ3) is 5.78. The Balaban J connectivity index is 1.72. The van der Waals surface area contributed by atoms with Gasteiger partial charge in [-0.15, -0.1) is 0 Å². The molecule has 7 nitrogen and oxygen atoms in total. The monoisotopic (exact) mass is 462 g/mol. The minimum Gasteiger partial charge on any atom is -0.497 e. The maximum Gasteiger partial charge on any atom is 0.257 e. The van der Waals surface area contributed by atoms with Gasteiger partial charge in [0.15, 0.2) is 5.11 Å². The van der Waals surface area contributed by atoms with Crippen molar-refractivity contribution in [1.82, 2.24) is 10.2 Å². The highest BCUT2D eigenvalue weighted by molar-refractivity contribution is 7.80. The number of ether oxygens (including phenoxy) is 2. The molecule has 0 unspecified atom stereocenters. The quantitative estimate of drug-likeness (QED) is 0.635. The number of amides is 1. The van der Waals surface area contributed by atoms with Gasteiger partial charge in [0.2, 0.25) is 0 Å². The predicted molar refractivity (Wildman–Crippen MR) is 129 cm³/mol. The van der Waals surface area contributed by atoms with Crippen molar-refractivity contribution in [3.05, 3.63) is 47.0 Å². The number of hydrogen-bond donors (Lipinski definition) is 2. The van der Waals surface area contributed by atoms with Crippen molar-refractivity contribution in [3.8, 4) is 11.5 Å². The van der Waals surface area contributed by atoms with E-state index >= 15 is 0 Å². The first-order valence-electron chi connectivity index (χ1n) is 10.1. The fourth-order valence-corrected chi connectivity index (χ4v) is 3.99. The van der Waals surface area contributed by atoms with Crippen LogP contribution in [0.4, 0.5) is 11.4 Å². The Morgan fingerprint density at radius 2 is 1.74 bits per heavy atom. The van der Waals surface area contributed by atoms with Crippen molar-refractivity contribution >= 4 is 46.2 Å². The summed E-state index contributed by atoms with van der Waals surface area (Å²) in [4.78, 5) is 17.4. The lowest BCUT2D eigenvalue weighted by Gasteiger charge is -2.37. The third-order valence-corrected chi connectivity index (χ3v) is 5.72. The molecule has 0 saturated carbocycles. The second kappa shape index (κ2) is 10.7. The molecular formula is C22H27ClN4O3S. The van der Waals surface area contributed by atoms with Crippen LogP contribution in [0.25, 0.3) is 0 Å². The fourth-order valence-electron chi connectivity index (χ4n) is 3.49. The summed E-state index contributed by atoms with van der Waals surface area (Å²) < 4.78 is 10.5. The summed E-state index contributed by atoms with van der Waals surface area (Å²) in [5, 5.41) is 6.67. The van der Waals surface area contributed by atoms with Crippen molar-refractivity contribution in [2.45, 2.75) is 6.92 Å². The molecule has 31 heavy (non-hydrogen) atoms. The molecule has 0 radical (unpaired) electrons. The van der Waals surface area contributed by atoms with E-state index < -0.39 is 0 Å². The highest BCUT2D eigenvalue weighted by Gasteiger charge is 2.21. The number of para-hydroxylation sites is 1. The average Bonchev–Trinajstić information content (AvgIpc) is 2.78. The SMILES string of the molecule is CCN1CCN(c2c(Cl)cccc2NC(=S)NC(=O)c2cc(OC)cc(OC)c2)CC1. The Morgan fingerprint density at radius 1 is 1.10 bits per heavy atom. The molecular weight excluding hydrogens is 436 g/mol. The molecule has 3 rings (SSSR count). The zero-order valence-corrected chi connectivity index (χ0v) is 19.5. The standard InChI is InChI=1S/C22H27ClN4O3S/c1-4-26-8-10-27(11-9-26)20-18(23)6-5-7-19(20)24-22(31)25-21(28)15-12-16(29-2)14-17(13-15)30-3/h5-7,12-14H,4,8-11H2,1-3H3,(H2,24,25,28,31). The van der Waals surface area contributed by atoms with Crippen LogP contribution in [0.1, 0.15) is 17.3 Å². The summed E-state index contributed by atoms with van der Waals surface area (Å²) in [5.41, 5.74) is 2.02. The number of piperazine rings is 1. The third-order valence-electron chi connectivity index (χ3n) is 5.21. The number of thiocarbonyl (C=S) groups is 1. The van der Waals surface area contributed by atoms with Gasteiger partial charge in [-0.1, -0.05) is 24.6 Å². The lowest BCUT2D eigenvalue weighted by molar-refractivity contribution is 0.0977. The molecule has 0 atom stereocenters. The highest BCUT2D eigenvalue weighted by Crippen LogP contribution is 2.34. The van der Waals surface area contributed by atoms with Gasteiger partial charge in [-0.05, 0) is 43.0 Å². The molecule has 2 aromatic rings. The van der Waals surface area contributed by atoms with E-state index in [0.29, 0.717) is 22.1 Å². The number of methoxy groups -OCH3 is 2. The second-order valence-electron chi connectivity index (χ2n) is 7.07. The van der Waals surface area contributed by atoms with Gasteiger partial charge in [-0.3, -0.25) is 10.1 Å². The first-order valence-corrected chi connectivity index (χ1v) is 10.8. The summed E-state index contributed by atoms with van der Waals surface area (Å²) in [7, 11) is 3.06. The van der Waals surface area contributed by atoms with Crippen molar-refractivity contribution in [2.24, 2.45) is 0 Å². The molecule has 0 spiro atoms. The van der Waals surface area contributed by atoms with Gasteiger partial charge < -0.3 is 24.6 Å². The largest absolute Gasteiger partial charge is 0.497 e. The number of anilines is 2. The first kappa shape index (κ1) is 23.1. The first-order chi connectivity index (χ1) is 14.9. The number of carbonyl (C=O) groups excluding carboxylic acids is 1. The normalized spacial score (nSPS) is 14.1. The number of nitrogens with zero attached hydrogens (tertiary/aromatic N) is 2. The lowest BCUT2D eigenvalue weighted by Crippen LogP contribution is -2.46. The number of rotatable bonds is 6. The number of hydrogen-bond acceptors (Lipinski definition) is 6. The minimum absolute atomic E-state index is 0.183. The molecule has 0 aliphatic carbocycles. The van der Waals surface area contributed by atoms with Gasteiger partial charge >= 0.3 is 0 Å². The minimum atomic E-state index is -0.366. The molecule has 9 heteroatoms. The van der Waals surface area contributed by atoms with Crippen molar-refractivity contribution in [1.29, 1.82) is 0 Å². The van der Waals surface area contributed by atoms with E-state index in [1.54, 1.807) is 18.2 Å². The molecule has 1 amide bonds. The molecule has 0 bridgehead atoms. The predicted octanol–water partition coefficient (Wildman–Crippen LogP) is 3.63. The average molecular weight is 463 g/mol. The summed E-state index contributed by atoms with van der Waals surface area (Å²) >= 11 is 11.9. The topological polar surface area (TPSA) is 66.1 Å². The number of nitrogens with one attached hydrogen (secondary N) is 2. The molecule has 1 aliphatic heterocycles. The van der Waals surface area contributed by atoms with Crippen LogP contribution in [-0.2, 0) is 0 Å². The maximum atomic E-state index is 12.7. The number of likely N-dealkylation sites (N-methyl/N-ethyl adjacent to an activating group) is 1. The molecule has 1 saturated heterocycles. The van der Waals surface area contributed by atoms with E-state index in [1.165, 1.54) is 14.2 Å². The Morgan fingerprint density at radius 3 is 2.32 bits per heavy atom.